The molecule has 1 unspecified atom stereocenters. The highest BCUT2D eigenvalue weighted by Gasteiger charge is 2.38. The average Bonchev–Trinajstić information content (AvgIpc) is 2.88. The van der Waals surface area contributed by atoms with Gasteiger partial charge in [0.1, 0.15) is 5.75 Å². The molecule has 0 radical (unpaired) electrons. The summed E-state index contributed by atoms with van der Waals surface area (Å²) in [6, 6.07) is 28.2. The SMILES string of the molecule is CCC1c2ccccc2-c2cc(/C=C/c3ccccc3)ccc2N1S(=O)(=O)c1ccc(O)c(C)c1. The Hall–Kier alpha value is -3.83. The summed E-state index contributed by atoms with van der Waals surface area (Å²) < 4.78 is 29.6. The molecule has 0 saturated carbocycles. The number of aryl methyl sites for hydroxylation is 1. The molecule has 1 atom stereocenters. The van der Waals surface area contributed by atoms with Crippen LogP contribution in [-0.4, -0.2) is 13.5 Å². The van der Waals surface area contributed by atoms with Gasteiger partial charge in [-0.05, 0) is 71.5 Å². The van der Waals surface area contributed by atoms with Crippen LogP contribution in [0.1, 0.15) is 41.6 Å². The molecule has 1 heterocycles. The second kappa shape index (κ2) is 9.08. The van der Waals surface area contributed by atoms with E-state index >= 15 is 0 Å². The lowest BCUT2D eigenvalue weighted by molar-refractivity contribution is 0.470. The van der Waals surface area contributed by atoms with Crippen molar-refractivity contribution in [2.24, 2.45) is 0 Å². The fourth-order valence-electron chi connectivity index (χ4n) is 4.73. The summed E-state index contributed by atoms with van der Waals surface area (Å²) in [5, 5.41) is 9.95. The monoisotopic (exact) mass is 481 g/mol. The number of benzene rings is 4. The second-order valence-corrected chi connectivity index (χ2v) is 10.6. The van der Waals surface area contributed by atoms with Gasteiger partial charge in [0.05, 0.1) is 16.6 Å². The van der Waals surface area contributed by atoms with Gasteiger partial charge < -0.3 is 5.11 Å². The summed E-state index contributed by atoms with van der Waals surface area (Å²) >= 11 is 0. The first kappa shape index (κ1) is 22.9. The van der Waals surface area contributed by atoms with E-state index in [0.717, 1.165) is 27.8 Å². The molecule has 5 rings (SSSR count). The zero-order chi connectivity index (χ0) is 24.6. The Labute approximate surface area is 206 Å². The van der Waals surface area contributed by atoms with E-state index in [-0.39, 0.29) is 16.7 Å². The molecule has 5 heteroatoms. The molecule has 35 heavy (non-hydrogen) atoms. The predicted octanol–water partition coefficient (Wildman–Crippen LogP) is 7.20. The van der Waals surface area contributed by atoms with E-state index < -0.39 is 10.0 Å². The molecular formula is C30H27NO3S. The Bertz CT molecular complexity index is 1520. The summed E-state index contributed by atoms with van der Waals surface area (Å²) in [6.07, 6.45) is 4.73. The smallest absolute Gasteiger partial charge is 0.264 e. The third-order valence-corrected chi connectivity index (χ3v) is 8.35. The van der Waals surface area contributed by atoms with Gasteiger partial charge in [0.15, 0.2) is 0 Å². The van der Waals surface area contributed by atoms with Gasteiger partial charge >= 0.3 is 0 Å². The Balaban J connectivity index is 1.67. The Morgan fingerprint density at radius 1 is 0.829 bits per heavy atom. The molecule has 1 N–H and O–H groups in total. The van der Waals surface area contributed by atoms with E-state index in [1.54, 1.807) is 11.2 Å². The molecular weight excluding hydrogens is 454 g/mol. The standard InChI is InChI=1S/C30H27NO3S/c1-3-28-26-12-8-7-11-25(26)27-20-23(14-13-22-9-5-4-6-10-22)15-17-29(27)31(28)35(33,34)24-16-18-30(32)21(2)19-24/h4-20,28,32H,3H2,1-2H3/b14-13+. The van der Waals surface area contributed by atoms with E-state index in [9.17, 15) is 13.5 Å². The number of phenols is 1. The number of hydrogen-bond acceptors (Lipinski definition) is 3. The number of phenolic OH excluding ortho intramolecular Hbond substituents is 1. The first-order valence-corrected chi connectivity index (χ1v) is 13.1. The summed E-state index contributed by atoms with van der Waals surface area (Å²) in [5.41, 5.74) is 6.22. The number of aromatic hydroxyl groups is 1. The van der Waals surface area contributed by atoms with E-state index in [4.69, 9.17) is 0 Å². The minimum atomic E-state index is -3.88. The number of rotatable bonds is 5. The number of anilines is 1. The van der Waals surface area contributed by atoms with Gasteiger partial charge in [-0.1, -0.05) is 79.7 Å². The highest BCUT2D eigenvalue weighted by molar-refractivity contribution is 7.92. The van der Waals surface area contributed by atoms with E-state index in [1.165, 1.54) is 18.2 Å². The van der Waals surface area contributed by atoms with Crippen molar-refractivity contribution in [3.05, 3.63) is 113 Å². The normalized spacial score (nSPS) is 15.1. The minimum Gasteiger partial charge on any atom is -0.508 e. The number of hydrogen-bond donors (Lipinski definition) is 1. The first-order chi connectivity index (χ1) is 16.9. The predicted molar refractivity (Wildman–Crippen MR) is 143 cm³/mol. The summed E-state index contributed by atoms with van der Waals surface area (Å²) in [5.74, 6) is 0.0789. The molecule has 0 spiro atoms. The lowest BCUT2D eigenvalue weighted by Crippen LogP contribution is -2.37. The van der Waals surface area contributed by atoms with E-state index in [2.05, 4.69) is 18.2 Å². The fourth-order valence-corrected chi connectivity index (χ4v) is 6.54. The molecule has 0 aliphatic carbocycles. The Morgan fingerprint density at radius 2 is 1.54 bits per heavy atom. The number of nitrogens with zero attached hydrogens (tertiary/aromatic N) is 1. The fraction of sp³-hybridized carbons (Fsp3) is 0.133. The second-order valence-electron chi connectivity index (χ2n) is 8.78. The largest absolute Gasteiger partial charge is 0.508 e. The van der Waals surface area contributed by atoms with Crippen LogP contribution in [0.3, 0.4) is 0 Å². The van der Waals surface area contributed by atoms with Gasteiger partial charge in [-0.3, -0.25) is 4.31 Å². The lowest BCUT2D eigenvalue weighted by Gasteiger charge is -2.39. The highest BCUT2D eigenvalue weighted by atomic mass is 32.2. The van der Waals surface area contributed by atoms with Crippen LogP contribution in [0.2, 0.25) is 0 Å². The molecule has 0 bridgehead atoms. The minimum absolute atomic E-state index is 0.0789. The zero-order valence-corrected chi connectivity index (χ0v) is 20.5. The highest BCUT2D eigenvalue weighted by Crippen LogP contribution is 2.48. The Kier molecular flexibility index (Phi) is 5.95. The summed E-state index contributed by atoms with van der Waals surface area (Å²) in [4.78, 5) is 0.171. The molecule has 4 aromatic rings. The van der Waals surface area contributed by atoms with Crippen LogP contribution in [0.15, 0.2) is 95.9 Å². The zero-order valence-electron chi connectivity index (χ0n) is 19.7. The van der Waals surface area contributed by atoms with Crippen molar-refractivity contribution in [2.75, 3.05) is 4.31 Å². The molecule has 1 aliphatic heterocycles. The van der Waals surface area contributed by atoms with Crippen LogP contribution < -0.4 is 4.31 Å². The van der Waals surface area contributed by atoms with Crippen LogP contribution in [0.25, 0.3) is 23.3 Å². The molecule has 1 aliphatic rings. The van der Waals surface area contributed by atoms with Crippen LogP contribution >= 0.6 is 0 Å². The maximum absolute atomic E-state index is 14.0. The number of sulfonamides is 1. The molecule has 4 nitrogen and oxygen atoms in total. The maximum atomic E-state index is 14.0. The lowest BCUT2D eigenvalue weighted by atomic mass is 9.88. The maximum Gasteiger partial charge on any atom is 0.264 e. The van der Waals surface area contributed by atoms with Crippen LogP contribution in [0.5, 0.6) is 5.75 Å². The van der Waals surface area contributed by atoms with Crippen molar-refractivity contribution in [1.29, 1.82) is 0 Å². The van der Waals surface area contributed by atoms with Crippen molar-refractivity contribution in [1.82, 2.24) is 0 Å². The molecule has 0 aromatic heterocycles. The van der Waals surface area contributed by atoms with Crippen molar-refractivity contribution < 1.29 is 13.5 Å². The third kappa shape index (κ3) is 4.13. The van der Waals surface area contributed by atoms with Crippen LogP contribution in [0.4, 0.5) is 5.69 Å². The van der Waals surface area contributed by atoms with E-state index in [0.29, 0.717) is 17.7 Å². The van der Waals surface area contributed by atoms with Crippen molar-refractivity contribution in [3.8, 4) is 16.9 Å². The number of fused-ring (bicyclic) bond motifs is 3. The van der Waals surface area contributed by atoms with Crippen molar-refractivity contribution >= 4 is 27.9 Å². The first-order valence-electron chi connectivity index (χ1n) is 11.7. The van der Waals surface area contributed by atoms with Crippen LogP contribution in [-0.2, 0) is 10.0 Å². The molecule has 176 valence electrons. The quantitative estimate of drug-likeness (QED) is 0.307. The van der Waals surface area contributed by atoms with Gasteiger partial charge in [-0.2, -0.15) is 0 Å². The molecule has 0 saturated heterocycles. The van der Waals surface area contributed by atoms with E-state index in [1.807, 2.05) is 73.7 Å². The average molecular weight is 482 g/mol. The van der Waals surface area contributed by atoms with Gasteiger partial charge in [-0.15, -0.1) is 0 Å². The van der Waals surface area contributed by atoms with Gasteiger partial charge in [0, 0.05) is 5.56 Å². The topological polar surface area (TPSA) is 57.6 Å². The summed E-state index contributed by atoms with van der Waals surface area (Å²) in [6.45, 7) is 3.71. The summed E-state index contributed by atoms with van der Waals surface area (Å²) in [7, 11) is -3.88. The Morgan fingerprint density at radius 3 is 2.29 bits per heavy atom. The van der Waals surface area contributed by atoms with Crippen LogP contribution in [0, 0.1) is 6.92 Å². The molecule has 4 aromatic carbocycles. The van der Waals surface area contributed by atoms with Crippen molar-refractivity contribution in [2.45, 2.75) is 31.2 Å². The molecule has 0 amide bonds. The van der Waals surface area contributed by atoms with Crippen molar-refractivity contribution in [3.63, 3.8) is 0 Å². The van der Waals surface area contributed by atoms with Gasteiger partial charge in [0.2, 0.25) is 0 Å². The van der Waals surface area contributed by atoms with Gasteiger partial charge in [0.25, 0.3) is 10.0 Å². The molecule has 0 fully saturated rings. The third-order valence-electron chi connectivity index (χ3n) is 6.53. The van der Waals surface area contributed by atoms with Gasteiger partial charge in [-0.25, -0.2) is 8.42 Å².